The molecule has 10 heteroatoms. The Kier molecular flexibility index (Phi) is 40.2. The van der Waals surface area contributed by atoms with Gasteiger partial charge in [0.15, 0.2) is 0 Å². The summed E-state index contributed by atoms with van der Waals surface area (Å²) in [4.78, 5) is 72.4. The van der Waals surface area contributed by atoms with E-state index in [1.165, 1.54) is 127 Å². The van der Waals surface area contributed by atoms with Gasteiger partial charge in [-0.15, -0.1) is 0 Å². The molecule has 0 atom stereocenters. The third-order valence-corrected chi connectivity index (χ3v) is 11.7. The molecule has 0 fully saturated rings. The fourth-order valence-corrected chi connectivity index (χ4v) is 7.79. The van der Waals surface area contributed by atoms with E-state index in [-0.39, 0.29) is 43.9 Å². The number of hydrogen-bond acceptors (Lipinski definition) is 5. The van der Waals surface area contributed by atoms with Gasteiger partial charge in [0.05, 0.1) is 26.2 Å². The maximum Gasteiger partial charge on any atom is 0.242 e. The van der Waals surface area contributed by atoms with Gasteiger partial charge in [-0.1, -0.05) is 207 Å². The van der Waals surface area contributed by atoms with Crippen molar-refractivity contribution in [3.05, 3.63) is 0 Å². The lowest BCUT2D eigenvalue weighted by Gasteiger charge is -2.30. The Morgan fingerprint density at radius 3 is 0.847 bits per heavy atom. The Balaban J connectivity index is 5.77. The molecule has 346 valence electrons. The van der Waals surface area contributed by atoms with Crippen molar-refractivity contribution >= 4 is 30.0 Å². The van der Waals surface area contributed by atoms with Gasteiger partial charge in [-0.3, -0.25) is 24.0 Å². The number of unbranched alkanes of at least 4 members (excludes halogenated alkanes) is 28. The number of carbonyl (C=O) groups excluding carboxylic acids is 5. The summed E-state index contributed by atoms with van der Waals surface area (Å²) < 4.78 is 0. The Labute approximate surface area is 363 Å². The SMILES string of the molecule is CCCCCCCCCCN(C=O)CC(=O)N(CCCCCCCCCC)CC(=O)N(CCCCCCCCCC)CC(=O)N(CCCCCCCCCC)CC(N)=O. The number of carbonyl (C=O) groups is 5. The highest BCUT2D eigenvalue weighted by atomic mass is 16.2. The predicted molar refractivity (Wildman–Crippen MR) is 247 cm³/mol. The van der Waals surface area contributed by atoms with E-state index in [0.29, 0.717) is 26.2 Å². The molecule has 10 nitrogen and oxygen atoms in total. The lowest BCUT2D eigenvalue weighted by atomic mass is 10.1. The first-order chi connectivity index (χ1) is 28.7. The Hall–Kier alpha value is -2.65. The number of primary amides is 1. The summed E-state index contributed by atoms with van der Waals surface area (Å²) in [6, 6.07) is 0. The van der Waals surface area contributed by atoms with Gasteiger partial charge in [-0.2, -0.15) is 0 Å². The van der Waals surface area contributed by atoms with Crippen LogP contribution < -0.4 is 5.73 Å². The average Bonchev–Trinajstić information content (AvgIpc) is 3.22. The molecule has 59 heavy (non-hydrogen) atoms. The molecular weight excluding hydrogens is 739 g/mol. The van der Waals surface area contributed by atoms with Crippen LogP contribution in [0.3, 0.4) is 0 Å². The molecule has 0 unspecified atom stereocenters. The molecule has 2 N–H and O–H groups in total. The van der Waals surface area contributed by atoms with E-state index >= 15 is 0 Å². The molecule has 0 bridgehead atoms. The van der Waals surface area contributed by atoms with Crippen molar-refractivity contribution in [3.63, 3.8) is 0 Å². The third-order valence-electron chi connectivity index (χ3n) is 11.7. The van der Waals surface area contributed by atoms with Crippen LogP contribution in [-0.2, 0) is 24.0 Å². The van der Waals surface area contributed by atoms with Gasteiger partial charge >= 0.3 is 0 Å². The summed E-state index contributed by atoms with van der Waals surface area (Å²) in [5.41, 5.74) is 5.61. The highest BCUT2D eigenvalue weighted by molar-refractivity contribution is 5.90. The maximum atomic E-state index is 14.2. The van der Waals surface area contributed by atoms with Crippen LogP contribution in [0.5, 0.6) is 0 Å². The van der Waals surface area contributed by atoms with E-state index in [4.69, 9.17) is 5.73 Å². The van der Waals surface area contributed by atoms with Crippen LogP contribution in [0, 0.1) is 0 Å². The molecule has 0 spiro atoms. The quantitative estimate of drug-likeness (QED) is 0.0483. The molecule has 0 aromatic rings. The van der Waals surface area contributed by atoms with Crippen molar-refractivity contribution in [2.24, 2.45) is 5.73 Å². The van der Waals surface area contributed by atoms with Gasteiger partial charge in [-0.05, 0) is 25.7 Å². The fourth-order valence-electron chi connectivity index (χ4n) is 7.79. The third kappa shape index (κ3) is 34.7. The summed E-state index contributed by atoms with van der Waals surface area (Å²) in [6.45, 7) is 10.2. The average molecular weight is 834 g/mol. The molecule has 0 aromatic carbocycles. The number of nitrogens with two attached hydrogens (primary N) is 1. The molecule has 5 amide bonds. The zero-order valence-electron chi connectivity index (χ0n) is 39.3. The first-order valence-electron chi connectivity index (χ1n) is 25.0. The first kappa shape index (κ1) is 56.4. The van der Waals surface area contributed by atoms with Crippen LogP contribution in [0.25, 0.3) is 0 Å². The molecule has 0 aliphatic rings. The molecule has 0 rings (SSSR count). The minimum absolute atomic E-state index is 0.0494. The van der Waals surface area contributed by atoms with Crippen LogP contribution in [-0.4, -0.2) is 102 Å². The number of amides is 5. The highest BCUT2D eigenvalue weighted by Crippen LogP contribution is 2.14. The summed E-state index contributed by atoms with van der Waals surface area (Å²) in [5, 5.41) is 0. The van der Waals surface area contributed by atoms with Gasteiger partial charge in [-0.25, -0.2) is 0 Å². The summed E-state index contributed by atoms with van der Waals surface area (Å²) in [5.74, 6) is -1.33. The van der Waals surface area contributed by atoms with E-state index in [1.54, 1.807) is 14.7 Å². The largest absolute Gasteiger partial charge is 0.368 e. The van der Waals surface area contributed by atoms with Gasteiger partial charge in [0.1, 0.15) is 0 Å². The van der Waals surface area contributed by atoms with Crippen molar-refractivity contribution in [1.82, 2.24) is 19.6 Å². The number of nitrogens with zero attached hydrogens (tertiary/aromatic N) is 4. The van der Waals surface area contributed by atoms with Gasteiger partial charge in [0.2, 0.25) is 30.0 Å². The van der Waals surface area contributed by atoms with Crippen molar-refractivity contribution in [2.75, 3.05) is 52.4 Å². The Morgan fingerprint density at radius 1 is 0.339 bits per heavy atom. The standard InChI is InChI=1S/C49H95N5O5/c1-5-9-13-17-21-25-29-33-37-51(45-55)42-47(57)53(39-35-31-27-23-19-15-11-7-3)44-49(59)54(40-36-32-28-24-20-16-12-8-4)43-48(58)52(41-46(50)56)38-34-30-26-22-18-14-10-6-2/h45H,5-44H2,1-4H3,(H2,50,56). The van der Waals surface area contributed by atoms with Crippen LogP contribution in [0.1, 0.15) is 233 Å². The minimum atomic E-state index is -0.562. The van der Waals surface area contributed by atoms with Gasteiger partial charge < -0.3 is 25.3 Å². The Bertz CT molecular complexity index is 1030. The predicted octanol–water partition coefficient (Wildman–Crippen LogP) is 11.0. The van der Waals surface area contributed by atoms with Gasteiger partial charge in [0.25, 0.3) is 0 Å². The van der Waals surface area contributed by atoms with Crippen molar-refractivity contribution in [2.45, 2.75) is 233 Å². The molecule has 0 aromatic heterocycles. The van der Waals surface area contributed by atoms with Crippen LogP contribution in [0.2, 0.25) is 0 Å². The highest BCUT2D eigenvalue weighted by Gasteiger charge is 2.26. The molecular formula is C49H95N5O5. The van der Waals surface area contributed by atoms with Gasteiger partial charge in [0, 0.05) is 26.2 Å². The second-order valence-electron chi connectivity index (χ2n) is 17.4. The molecule has 0 aliphatic carbocycles. The van der Waals surface area contributed by atoms with E-state index < -0.39 is 5.91 Å². The van der Waals surface area contributed by atoms with E-state index in [9.17, 15) is 24.0 Å². The van der Waals surface area contributed by atoms with Crippen molar-refractivity contribution < 1.29 is 24.0 Å². The van der Waals surface area contributed by atoms with Crippen LogP contribution in [0.4, 0.5) is 0 Å². The van der Waals surface area contributed by atoms with Crippen molar-refractivity contribution in [3.8, 4) is 0 Å². The van der Waals surface area contributed by atoms with E-state index in [2.05, 4.69) is 27.7 Å². The second-order valence-corrected chi connectivity index (χ2v) is 17.4. The number of hydrogen-bond donors (Lipinski definition) is 1. The zero-order chi connectivity index (χ0) is 43.6. The molecule has 0 aliphatic heterocycles. The first-order valence-corrected chi connectivity index (χ1v) is 25.0. The summed E-state index contributed by atoms with van der Waals surface area (Å²) in [7, 11) is 0. The lowest BCUT2D eigenvalue weighted by Crippen LogP contribution is -2.50. The summed E-state index contributed by atoms with van der Waals surface area (Å²) in [6.07, 6.45) is 36.8. The molecule has 0 heterocycles. The normalized spacial score (nSPS) is 11.1. The Morgan fingerprint density at radius 2 is 0.576 bits per heavy atom. The van der Waals surface area contributed by atoms with E-state index in [0.717, 1.165) is 89.9 Å². The zero-order valence-corrected chi connectivity index (χ0v) is 39.3. The fraction of sp³-hybridized carbons (Fsp3) is 0.898. The molecule has 0 radical (unpaired) electrons. The van der Waals surface area contributed by atoms with Crippen LogP contribution >= 0.6 is 0 Å². The summed E-state index contributed by atoms with van der Waals surface area (Å²) >= 11 is 0. The van der Waals surface area contributed by atoms with E-state index in [1.807, 2.05) is 0 Å². The van der Waals surface area contributed by atoms with Crippen molar-refractivity contribution in [1.29, 1.82) is 0 Å². The molecule has 0 saturated heterocycles. The molecule has 0 saturated carbocycles. The maximum absolute atomic E-state index is 14.2. The smallest absolute Gasteiger partial charge is 0.242 e. The minimum Gasteiger partial charge on any atom is -0.368 e. The second kappa shape index (κ2) is 42.1. The lowest BCUT2D eigenvalue weighted by molar-refractivity contribution is -0.145. The number of rotatable bonds is 45. The van der Waals surface area contributed by atoms with Crippen LogP contribution in [0.15, 0.2) is 0 Å². The monoisotopic (exact) mass is 834 g/mol. The topological polar surface area (TPSA) is 124 Å².